The van der Waals surface area contributed by atoms with Gasteiger partial charge in [0.25, 0.3) is 0 Å². The Morgan fingerprint density at radius 1 is 1.26 bits per heavy atom. The van der Waals surface area contributed by atoms with Gasteiger partial charge in [0, 0.05) is 24.4 Å². The van der Waals surface area contributed by atoms with E-state index in [1.54, 1.807) is 6.07 Å². The standard InChI is InChI=1S/C15H15NO3/c1-10-8-13(17)14-12(16(10)2)9-18-15(19-14)11-6-4-3-5-7-11/h3-8,15H,9H2,1-2H3. The number of aromatic nitrogens is 1. The van der Waals surface area contributed by atoms with Crippen LogP contribution >= 0.6 is 0 Å². The first-order chi connectivity index (χ1) is 9.16. The Bertz CT molecular complexity index is 661. The van der Waals surface area contributed by atoms with E-state index in [9.17, 15) is 4.79 Å². The maximum Gasteiger partial charge on any atom is 0.227 e. The van der Waals surface area contributed by atoms with Crippen molar-refractivity contribution in [3.63, 3.8) is 0 Å². The van der Waals surface area contributed by atoms with Crippen molar-refractivity contribution in [2.24, 2.45) is 7.05 Å². The van der Waals surface area contributed by atoms with Crippen molar-refractivity contribution >= 4 is 0 Å². The molecule has 0 amide bonds. The van der Waals surface area contributed by atoms with Gasteiger partial charge < -0.3 is 14.0 Å². The maximum atomic E-state index is 12.0. The highest BCUT2D eigenvalue weighted by molar-refractivity contribution is 5.32. The smallest absolute Gasteiger partial charge is 0.227 e. The van der Waals surface area contributed by atoms with Gasteiger partial charge in [-0.25, -0.2) is 0 Å². The second-order valence-corrected chi connectivity index (χ2v) is 4.66. The van der Waals surface area contributed by atoms with Gasteiger partial charge in [0.15, 0.2) is 5.75 Å². The van der Waals surface area contributed by atoms with Crippen LogP contribution in [0.15, 0.2) is 41.2 Å². The molecule has 1 aliphatic rings. The number of fused-ring (bicyclic) bond motifs is 1. The van der Waals surface area contributed by atoms with Crippen molar-refractivity contribution in [2.75, 3.05) is 0 Å². The second kappa shape index (κ2) is 4.55. The van der Waals surface area contributed by atoms with E-state index in [4.69, 9.17) is 9.47 Å². The molecule has 0 bridgehead atoms. The van der Waals surface area contributed by atoms with E-state index < -0.39 is 6.29 Å². The molecule has 1 aromatic carbocycles. The predicted octanol–water partition coefficient (Wildman–Crippen LogP) is 2.30. The maximum absolute atomic E-state index is 12.0. The summed E-state index contributed by atoms with van der Waals surface area (Å²) in [6, 6.07) is 11.2. The van der Waals surface area contributed by atoms with Crippen LogP contribution in [0.1, 0.15) is 23.2 Å². The zero-order valence-corrected chi connectivity index (χ0v) is 10.9. The molecule has 2 aromatic rings. The molecule has 0 radical (unpaired) electrons. The molecule has 0 aliphatic carbocycles. The van der Waals surface area contributed by atoms with Crippen LogP contribution in [0, 0.1) is 6.92 Å². The summed E-state index contributed by atoms with van der Waals surface area (Å²) < 4.78 is 13.4. The highest BCUT2D eigenvalue weighted by Gasteiger charge is 2.25. The number of ether oxygens (including phenoxy) is 2. The summed E-state index contributed by atoms with van der Waals surface area (Å²) >= 11 is 0. The van der Waals surface area contributed by atoms with E-state index in [1.807, 2.05) is 48.9 Å². The van der Waals surface area contributed by atoms with Crippen LogP contribution in [0.25, 0.3) is 0 Å². The summed E-state index contributed by atoms with van der Waals surface area (Å²) in [6.07, 6.45) is -0.510. The Kier molecular flexibility index (Phi) is 2.87. The van der Waals surface area contributed by atoms with Crippen molar-refractivity contribution in [3.05, 3.63) is 63.6 Å². The minimum absolute atomic E-state index is 0.0881. The molecule has 0 saturated heterocycles. The van der Waals surface area contributed by atoms with Gasteiger partial charge >= 0.3 is 0 Å². The molecule has 0 N–H and O–H groups in total. The molecule has 1 aromatic heterocycles. The molecule has 1 unspecified atom stereocenters. The fraction of sp³-hybridized carbons (Fsp3) is 0.267. The van der Waals surface area contributed by atoms with E-state index in [0.29, 0.717) is 12.4 Å². The summed E-state index contributed by atoms with van der Waals surface area (Å²) in [5.41, 5.74) is 2.51. The van der Waals surface area contributed by atoms with E-state index in [1.165, 1.54) is 0 Å². The van der Waals surface area contributed by atoms with Gasteiger partial charge in [-0.2, -0.15) is 0 Å². The minimum atomic E-state index is -0.510. The van der Waals surface area contributed by atoms with Crippen LogP contribution in [0.3, 0.4) is 0 Å². The quantitative estimate of drug-likeness (QED) is 0.787. The monoisotopic (exact) mass is 257 g/mol. The Morgan fingerprint density at radius 2 is 2.00 bits per heavy atom. The summed E-state index contributed by atoms with van der Waals surface area (Å²) in [5, 5.41) is 0. The fourth-order valence-electron chi connectivity index (χ4n) is 2.22. The molecule has 0 saturated carbocycles. The number of nitrogens with zero attached hydrogens (tertiary/aromatic N) is 1. The lowest BCUT2D eigenvalue weighted by Crippen LogP contribution is -2.26. The number of rotatable bonds is 1. The number of hydrogen-bond acceptors (Lipinski definition) is 3. The fourth-order valence-corrected chi connectivity index (χ4v) is 2.22. The zero-order valence-electron chi connectivity index (χ0n) is 10.9. The van der Waals surface area contributed by atoms with Gasteiger partial charge in [0.05, 0.1) is 12.3 Å². The summed E-state index contributed by atoms with van der Waals surface area (Å²) in [5.74, 6) is 0.396. The molecule has 1 atom stereocenters. The zero-order chi connectivity index (χ0) is 13.4. The van der Waals surface area contributed by atoms with Gasteiger partial charge in [-0.1, -0.05) is 30.3 Å². The highest BCUT2D eigenvalue weighted by atomic mass is 16.7. The molecule has 4 heteroatoms. The molecule has 98 valence electrons. The molecular weight excluding hydrogens is 242 g/mol. The predicted molar refractivity (Wildman–Crippen MR) is 71.0 cm³/mol. The summed E-state index contributed by atoms with van der Waals surface area (Å²) in [7, 11) is 1.91. The molecule has 0 fully saturated rings. The highest BCUT2D eigenvalue weighted by Crippen LogP contribution is 2.30. The third-order valence-electron chi connectivity index (χ3n) is 3.43. The van der Waals surface area contributed by atoms with E-state index in [2.05, 4.69) is 0 Å². The van der Waals surface area contributed by atoms with Crippen LogP contribution in [-0.4, -0.2) is 4.57 Å². The molecule has 0 spiro atoms. The number of hydrogen-bond donors (Lipinski definition) is 0. The molecule has 2 heterocycles. The van der Waals surface area contributed by atoms with E-state index >= 15 is 0 Å². The first kappa shape index (κ1) is 12.0. The molecule has 3 rings (SSSR count). The van der Waals surface area contributed by atoms with Crippen molar-refractivity contribution in [1.29, 1.82) is 0 Å². The number of pyridine rings is 1. The van der Waals surface area contributed by atoms with E-state index in [-0.39, 0.29) is 5.43 Å². The van der Waals surface area contributed by atoms with Crippen LogP contribution in [0.4, 0.5) is 0 Å². The normalized spacial score (nSPS) is 17.7. The van der Waals surface area contributed by atoms with Gasteiger partial charge in [0.1, 0.15) is 0 Å². The third kappa shape index (κ3) is 2.04. The van der Waals surface area contributed by atoms with Gasteiger partial charge in [0.2, 0.25) is 11.7 Å². The lowest BCUT2D eigenvalue weighted by atomic mass is 10.2. The van der Waals surface area contributed by atoms with Crippen molar-refractivity contribution in [2.45, 2.75) is 19.8 Å². The molecule has 4 nitrogen and oxygen atoms in total. The Labute approximate surface area is 111 Å². The van der Waals surface area contributed by atoms with Crippen LogP contribution in [0.5, 0.6) is 5.75 Å². The topological polar surface area (TPSA) is 40.5 Å². The third-order valence-corrected chi connectivity index (χ3v) is 3.43. The first-order valence-corrected chi connectivity index (χ1v) is 6.19. The molecular formula is C15H15NO3. The summed E-state index contributed by atoms with van der Waals surface area (Å²) in [6.45, 7) is 2.27. The van der Waals surface area contributed by atoms with Crippen LogP contribution in [-0.2, 0) is 18.4 Å². The summed E-state index contributed by atoms with van der Waals surface area (Å²) in [4.78, 5) is 12.0. The second-order valence-electron chi connectivity index (χ2n) is 4.66. The van der Waals surface area contributed by atoms with Crippen LogP contribution in [0.2, 0.25) is 0 Å². The van der Waals surface area contributed by atoms with E-state index in [0.717, 1.165) is 17.0 Å². The van der Waals surface area contributed by atoms with Gasteiger partial charge in [-0.15, -0.1) is 0 Å². The number of aryl methyl sites for hydroxylation is 1. The molecule has 1 aliphatic heterocycles. The lowest BCUT2D eigenvalue weighted by molar-refractivity contribution is -0.115. The van der Waals surface area contributed by atoms with Crippen molar-refractivity contribution in [3.8, 4) is 5.75 Å². The average Bonchev–Trinajstić information content (AvgIpc) is 2.45. The first-order valence-electron chi connectivity index (χ1n) is 6.19. The minimum Gasteiger partial charge on any atom is -0.455 e. The van der Waals surface area contributed by atoms with Crippen molar-refractivity contribution < 1.29 is 9.47 Å². The van der Waals surface area contributed by atoms with Crippen molar-refractivity contribution in [1.82, 2.24) is 4.57 Å². The SMILES string of the molecule is Cc1cc(=O)c2c(n1C)COC(c1ccccc1)O2. The molecule has 19 heavy (non-hydrogen) atoms. The Morgan fingerprint density at radius 3 is 2.74 bits per heavy atom. The largest absolute Gasteiger partial charge is 0.455 e. The van der Waals surface area contributed by atoms with Gasteiger partial charge in [-0.05, 0) is 6.92 Å². The van der Waals surface area contributed by atoms with Crippen LogP contribution < -0.4 is 10.2 Å². The van der Waals surface area contributed by atoms with Gasteiger partial charge in [-0.3, -0.25) is 4.79 Å². The Hall–Kier alpha value is -2.07. The lowest BCUT2D eigenvalue weighted by Gasteiger charge is -2.28. The average molecular weight is 257 g/mol. The number of benzene rings is 1. The Balaban J connectivity index is 2.01.